The van der Waals surface area contributed by atoms with E-state index in [1.807, 2.05) is 0 Å². The predicted molar refractivity (Wildman–Crippen MR) is 106 cm³/mol. The molecule has 4 nitrogen and oxygen atoms in total. The first-order valence-corrected chi connectivity index (χ1v) is 10.2. The topological polar surface area (TPSA) is 62.2 Å². The minimum absolute atomic E-state index is 0.0997. The molecule has 0 fully saturated rings. The second-order valence-electron chi connectivity index (χ2n) is 5.18. The molecule has 2 rings (SSSR count). The number of halogens is 2. The lowest BCUT2D eigenvalue weighted by molar-refractivity contribution is 0.102. The second-order valence-corrected chi connectivity index (χ2v) is 8.00. The van der Waals surface area contributed by atoms with E-state index in [1.165, 1.54) is 12.8 Å². The molecule has 7 heteroatoms. The van der Waals surface area contributed by atoms with Gasteiger partial charge >= 0.3 is 0 Å². The van der Waals surface area contributed by atoms with Crippen molar-refractivity contribution >= 4 is 55.2 Å². The third-order valence-electron chi connectivity index (χ3n) is 3.27. The first-order chi connectivity index (χ1) is 11.5. The number of carbonyl (C=O) groups excluding carboxylic acids is 1. The summed E-state index contributed by atoms with van der Waals surface area (Å²) < 4.78 is 1.02. The predicted octanol–water partition coefficient (Wildman–Crippen LogP) is 5.85. The second kappa shape index (κ2) is 9.44. The molecule has 0 aliphatic rings. The molecule has 1 aromatic heterocycles. The molecule has 2 aromatic rings. The van der Waals surface area contributed by atoms with E-state index >= 15 is 0 Å². The van der Waals surface area contributed by atoms with E-state index < -0.39 is 0 Å². The Bertz CT molecular complexity index is 702. The maximum Gasteiger partial charge on any atom is 0.255 e. The summed E-state index contributed by atoms with van der Waals surface area (Å²) in [6.45, 7) is 2.17. The minimum Gasteiger partial charge on any atom is -0.506 e. The first-order valence-electron chi connectivity index (χ1n) is 7.59. The van der Waals surface area contributed by atoms with Gasteiger partial charge < -0.3 is 10.4 Å². The van der Waals surface area contributed by atoms with Crippen molar-refractivity contribution in [2.45, 2.75) is 31.2 Å². The van der Waals surface area contributed by atoms with Crippen molar-refractivity contribution in [3.05, 3.63) is 45.0 Å². The number of aromatic hydroxyl groups is 1. The van der Waals surface area contributed by atoms with Crippen LogP contribution in [0.5, 0.6) is 5.75 Å². The van der Waals surface area contributed by atoms with Gasteiger partial charge in [-0.2, -0.15) is 0 Å². The Morgan fingerprint density at radius 3 is 2.62 bits per heavy atom. The number of unbranched alkanes of at least 4 members (excludes halogenated alkanes) is 2. The minimum atomic E-state index is -0.211. The van der Waals surface area contributed by atoms with Crippen LogP contribution in [0.4, 0.5) is 5.69 Å². The van der Waals surface area contributed by atoms with E-state index in [2.05, 4.69) is 49.1 Å². The summed E-state index contributed by atoms with van der Waals surface area (Å²) in [5.74, 6) is 0.893. The molecule has 24 heavy (non-hydrogen) atoms. The zero-order valence-electron chi connectivity index (χ0n) is 13.2. The van der Waals surface area contributed by atoms with Gasteiger partial charge in [-0.3, -0.25) is 4.79 Å². The first kappa shape index (κ1) is 19.3. The Labute approximate surface area is 162 Å². The van der Waals surface area contributed by atoms with Crippen molar-refractivity contribution in [1.29, 1.82) is 0 Å². The highest BCUT2D eigenvalue weighted by atomic mass is 79.9. The Morgan fingerprint density at radius 2 is 1.96 bits per heavy atom. The molecule has 0 aliphatic carbocycles. The van der Waals surface area contributed by atoms with Crippen LogP contribution in [-0.2, 0) is 0 Å². The van der Waals surface area contributed by atoms with Crippen molar-refractivity contribution in [2.24, 2.45) is 0 Å². The number of phenolic OH excluding ortho intramolecular Hbond substituents is 1. The van der Waals surface area contributed by atoms with Crippen LogP contribution in [0.2, 0.25) is 0 Å². The molecule has 0 saturated carbocycles. The molecule has 0 bridgehead atoms. The van der Waals surface area contributed by atoms with Crippen molar-refractivity contribution in [3.8, 4) is 5.75 Å². The fourth-order valence-electron chi connectivity index (χ4n) is 2.00. The zero-order chi connectivity index (χ0) is 17.5. The smallest absolute Gasteiger partial charge is 0.255 e. The third kappa shape index (κ3) is 5.50. The normalized spacial score (nSPS) is 10.6. The number of hydrogen-bond donors (Lipinski definition) is 2. The number of anilines is 1. The van der Waals surface area contributed by atoms with Crippen molar-refractivity contribution < 1.29 is 9.90 Å². The molecule has 0 spiro atoms. The maximum atomic E-state index is 12.4. The maximum absolute atomic E-state index is 12.4. The van der Waals surface area contributed by atoms with Crippen molar-refractivity contribution in [3.63, 3.8) is 0 Å². The standard InChI is InChI=1S/C17H18Br2N2O2S/c1-2-3-4-7-24-15-8-11(5-6-20-15)17(23)21-12-9-13(18)16(22)14(19)10-12/h5-6,8-10,22H,2-4,7H2,1H3,(H,21,23). The highest BCUT2D eigenvalue weighted by Crippen LogP contribution is 2.35. The molecule has 0 aliphatic heterocycles. The van der Waals surface area contributed by atoms with Crippen molar-refractivity contribution in [2.75, 3.05) is 11.1 Å². The number of thioether (sulfide) groups is 1. The zero-order valence-corrected chi connectivity index (χ0v) is 17.2. The Kier molecular flexibility index (Phi) is 7.58. The summed E-state index contributed by atoms with van der Waals surface area (Å²) >= 11 is 8.17. The van der Waals surface area contributed by atoms with Crippen LogP contribution in [0.3, 0.4) is 0 Å². The Hall–Kier alpha value is -1.05. The molecule has 0 atom stereocenters. The quantitative estimate of drug-likeness (QED) is 0.301. The number of carbonyl (C=O) groups is 1. The summed E-state index contributed by atoms with van der Waals surface area (Å²) in [6, 6.07) is 6.80. The Balaban J connectivity index is 2.04. The van der Waals surface area contributed by atoms with E-state index in [-0.39, 0.29) is 11.7 Å². The number of nitrogens with one attached hydrogen (secondary N) is 1. The van der Waals surface area contributed by atoms with Crippen LogP contribution in [0.1, 0.15) is 36.5 Å². The van der Waals surface area contributed by atoms with E-state index in [4.69, 9.17) is 0 Å². The lowest BCUT2D eigenvalue weighted by Crippen LogP contribution is -2.12. The number of amides is 1. The average Bonchev–Trinajstić information content (AvgIpc) is 2.57. The Morgan fingerprint density at radius 1 is 1.25 bits per heavy atom. The molecule has 2 N–H and O–H groups in total. The van der Waals surface area contributed by atoms with Crippen LogP contribution in [-0.4, -0.2) is 21.8 Å². The molecule has 1 aromatic carbocycles. The van der Waals surface area contributed by atoms with Gasteiger partial charge in [0.2, 0.25) is 0 Å². The van der Waals surface area contributed by atoms with E-state index in [9.17, 15) is 9.90 Å². The molecular formula is C17H18Br2N2O2S. The molecule has 0 radical (unpaired) electrons. The fraction of sp³-hybridized carbons (Fsp3) is 0.294. The molecule has 1 heterocycles. The monoisotopic (exact) mass is 472 g/mol. The van der Waals surface area contributed by atoms with Crippen LogP contribution >= 0.6 is 43.6 Å². The van der Waals surface area contributed by atoms with E-state index in [0.29, 0.717) is 20.2 Å². The number of phenols is 1. The number of nitrogens with zero attached hydrogens (tertiary/aromatic N) is 1. The lowest BCUT2D eigenvalue weighted by atomic mass is 10.2. The van der Waals surface area contributed by atoms with Gasteiger partial charge in [0.25, 0.3) is 5.91 Å². The summed E-state index contributed by atoms with van der Waals surface area (Å²) in [6.07, 6.45) is 5.19. The average molecular weight is 474 g/mol. The van der Waals surface area contributed by atoms with Gasteiger partial charge in [0, 0.05) is 17.4 Å². The van der Waals surface area contributed by atoms with Crippen molar-refractivity contribution in [1.82, 2.24) is 4.98 Å². The fourth-order valence-corrected chi connectivity index (χ4v) is 4.09. The van der Waals surface area contributed by atoms with Crippen LogP contribution in [0.15, 0.2) is 44.4 Å². The van der Waals surface area contributed by atoms with Gasteiger partial charge in [-0.05, 0) is 68.3 Å². The van der Waals surface area contributed by atoms with Gasteiger partial charge in [-0.25, -0.2) is 4.98 Å². The van der Waals surface area contributed by atoms with Gasteiger partial charge in [-0.15, -0.1) is 11.8 Å². The number of rotatable bonds is 7. The highest BCUT2D eigenvalue weighted by Gasteiger charge is 2.11. The summed E-state index contributed by atoms with van der Waals surface area (Å²) in [4.78, 5) is 16.7. The number of hydrogen-bond acceptors (Lipinski definition) is 4. The molecule has 128 valence electrons. The lowest BCUT2D eigenvalue weighted by Gasteiger charge is -2.09. The molecule has 0 unspecified atom stereocenters. The van der Waals surface area contributed by atoms with Gasteiger partial charge in [-0.1, -0.05) is 19.8 Å². The number of benzene rings is 1. The van der Waals surface area contributed by atoms with Crippen LogP contribution in [0, 0.1) is 0 Å². The molecule has 1 amide bonds. The largest absolute Gasteiger partial charge is 0.506 e. The summed E-state index contributed by atoms with van der Waals surface area (Å²) in [5.41, 5.74) is 1.15. The van der Waals surface area contributed by atoms with Gasteiger partial charge in [0.05, 0.1) is 14.0 Å². The van der Waals surface area contributed by atoms with Crippen LogP contribution < -0.4 is 5.32 Å². The van der Waals surface area contributed by atoms with Crippen LogP contribution in [0.25, 0.3) is 0 Å². The van der Waals surface area contributed by atoms with E-state index in [1.54, 1.807) is 42.2 Å². The molecule has 0 saturated heterocycles. The third-order valence-corrected chi connectivity index (χ3v) is 5.49. The number of aromatic nitrogens is 1. The van der Waals surface area contributed by atoms with E-state index in [0.717, 1.165) is 17.2 Å². The summed E-state index contributed by atoms with van der Waals surface area (Å²) in [7, 11) is 0. The highest BCUT2D eigenvalue weighted by molar-refractivity contribution is 9.11. The molecular weight excluding hydrogens is 456 g/mol. The van der Waals surface area contributed by atoms with Gasteiger partial charge in [0.1, 0.15) is 5.75 Å². The number of pyridine rings is 1. The SMILES string of the molecule is CCCCCSc1cc(C(=O)Nc2cc(Br)c(O)c(Br)c2)ccn1. The van der Waals surface area contributed by atoms with Gasteiger partial charge in [0.15, 0.2) is 0 Å². The summed E-state index contributed by atoms with van der Waals surface area (Å²) in [5, 5.41) is 13.4.